The van der Waals surface area contributed by atoms with E-state index in [1.165, 1.54) is 0 Å². The van der Waals surface area contributed by atoms with Gasteiger partial charge in [-0.05, 0) is 19.8 Å². The van der Waals surface area contributed by atoms with Crippen LogP contribution in [0.15, 0.2) is 5.38 Å². The second-order valence-corrected chi connectivity index (χ2v) is 5.01. The molecule has 0 saturated carbocycles. The fraction of sp³-hybridized carbons (Fsp3) is 0.500. The van der Waals surface area contributed by atoms with Gasteiger partial charge in [0.15, 0.2) is 0 Å². The molecule has 0 spiro atoms. The minimum absolute atomic E-state index is 0.578. The zero-order chi connectivity index (χ0) is 13.0. The Labute approximate surface area is 111 Å². The standard InChI is InChI=1S/C12H17N5S/c1-4-10-11(5-2)16-17-12(15-10)13-6-9-7-18-8(3)14-9/h7H,4-6H2,1-3H3,(H,13,15,17). The molecule has 0 aliphatic rings. The minimum Gasteiger partial charge on any atom is -0.347 e. The van der Waals surface area contributed by atoms with Crippen LogP contribution in [0, 0.1) is 6.92 Å². The molecular formula is C12H17N5S. The molecule has 2 aromatic heterocycles. The van der Waals surface area contributed by atoms with Crippen molar-refractivity contribution in [2.75, 3.05) is 5.32 Å². The van der Waals surface area contributed by atoms with Crippen LogP contribution in [0.25, 0.3) is 0 Å². The van der Waals surface area contributed by atoms with E-state index >= 15 is 0 Å². The number of nitrogens with zero attached hydrogens (tertiary/aromatic N) is 4. The Morgan fingerprint density at radius 3 is 2.50 bits per heavy atom. The van der Waals surface area contributed by atoms with Crippen molar-refractivity contribution in [3.05, 3.63) is 27.5 Å². The molecule has 0 aliphatic heterocycles. The smallest absolute Gasteiger partial charge is 0.243 e. The number of anilines is 1. The Bertz CT molecular complexity index is 523. The van der Waals surface area contributed by atoms with Gasteiger partial charge in [-0.25, -0.2) is 9.97 Å². The van der Waals surface area contributed by atoms with Crippen LogP contribution in [-0.2, 0) is 19.4 Å². The van der Waals surface area contributed by atoms with Crippen LogP contribution in [0.4, 0.5) is 5.95 Å². The maximum atomic E-state index is 4.47. The van der Waals surface area contributed by atoms with Crippen molar-refractivity contribution in [1.29, 1.82) is 0 Å². The lowest BCUT2D eigenvalue weighted by molar-refractivity contribution is 0.818. The van der Waals surface area contributed by atoms with Gasteiger partial charge in [0.25, 0.3) is 0 Å². The zero-order valence-electron chi connectivity index (χ0n) is 10.9. The number of aromatic nitrogens is 4. The van der Waals surface area contributed by atoms with Gasteiger partial charge in [0.05, 0.1) is 28.6 Å². The molecule has 0 aliphatic carbocycles. The number of hydrogen-bond donors (Lipinski definition) is 1. The first-order valence-corrected chi connectivity index (χ1v) is 6.98. The summed E-state index contributed by atoms with van der Waals surface area (Å²) in [5.41, 5.74) is 3.01. The van der Waals surface area contributed by atoms with Crippen LogP contribution in [0.5, 0.6) is 0 Å². The van der Waals surface area contributed by atoms with E-state index in [2.05, 4.69) is 39.3 Å². The second-order valence-electron chi connectivity index (χ2n) is 3.95. The zero-order valence-corrected chi connectivity index (χ0v) is 11.7. The predicted molar refractivity (Wildman–Crippen MR) is 72.8 cm³/mol. The number of thiazole rings is 1. The quantitative estimate of drug-likeness (QED) is 0.897. The Morgan fingerprint density at radius 2 is 1.89 bits per heavy atom. The number of rotatable bonds is 5. The average molecular weight is 263 g/mol. The predicted octanol–water partition coefficient (Wildman–Crippen LogP) is 2.37. The van der Waals surface area contributed by atoms with Crippen LogP contribution >= 0.6 is 11.3 Å². The van der Waals surface area contributed by atoms with Gasteiger partial charge in [0.1, 0.15) is 0 Å². The van der Waals surface area contributed by atoms with E-state index in [1.807, 2.05) is 12.3 Å². The fourth-order valence-corrected chi connectivity index (χ4v) is 2.28. The SMILES string of the molecule is CCc1nnc(NCc2csc(C)n2)nc1CC. The third-order valence-electron chi connectivity index (χ3n) is 2.60. The van der Waals surface area contributed by atoms with Gasteiger partial charge in [-0.15, -0.1) is 16.4 Å². The molecule has 0 atom stereocenters. The molecular weight excluding hydrogens is 246 g/mol. The Kier molecular flexibility index (Phi) is 4.19. The molecule has 2 rings (SSSR count). The van der Waals surface area contributed by atoms with Gasteiger partial charge >= 0.3 is 0 Å². The van der Waals surface area contributed by atoms with Crippen LogP contribution in [-0.4, -0.2) is 20.2 Å². The topological polar surface area (TPSA) is 63.6 Å². The summed E-state index contributed by atoms with van der Waals surface area (Å²) in [6.45, 7) is 6.78. The minimum atomic E-state index is 0.578. The molecule has 96 valence electrons. The maximum Gasteiger partial charge on any atom is 0.243 e. The van der Waals surface area contributed by atoms with Crippen molar-refractivity contribution in [2.45, 2.75) is 40.2 Å². The first-order valence-electron chi connectivity index (χ1n) is 6.10. The van der Waals surface area contributed by atoms with E-state index in [0.717, 1.165) is 34.9 Å². The van der Waals surface area contributed by atoms with Crippen molar-refractivity contribution >= 4 is 17.3 Å². The van der Waals surface area contributed by atoms with Gasteiger partial charge in [-0.2, -0.15) is 5.10 Å². The van der Waals surface area contributed by atoms with Gasteiger partial charge in [0, 0.05) is 5.38 Å². The van der Waals surface area contributed by atoms with E-state index < -0.39 is 0 Å². The molecule has 2 heterocycles. The Morgan fingerprint density at radius 1 is 1.11 bits per heavy atom. The summed E-state index contributed by atoms with van der Waals surface area (Å²) >= 11 is 1.65. The molecule has 5 nitrogen and oxygen atoms in total. The van der Waals surface area contributed by atoms with Gasteiger partial charge in [0.2, 0.25) is 5.95 Å². The summed E-state index contributed by atoms with van der Waals surface area (Å²) in [5, 5.41) is 14.5. The highest BCUT2D eigenvalue weighted by molar-refractivity contribution is 7.09. The normalized spacial score (nSPS) is 10.6. The maximum absolute atomic E-state index is 4.47. The Balaban J connectivity index is 2.05. The third-order valence-corrected chi connectivity index (χ3v) is 3.43. The van der Waals surface area contributed by atoms with Crippen molar-refractivity contribution in [3.63, 3.8) is 0 Å². The van der Waals surface area contributed by atoms with Gasteiger partial charge in [-0.3, -0.25) is 0 Å². The lowest BCUT2D eigenvalue weighted by Gasteiger charge is -2.06. The van der Waals surface area contributed by atoms with Crippen LogP contribution in [0.1, 0.15) is 35.9 Å². The van der Waals surface area contributed by atoms with Gasteiger partial charge < -0.3 is 5.32 Å². The lowest BCUT2D eigenvalue weighted by Crippen LogP contribution is -2.09. The molecule has 1 N–H and O–H groups in total. The van der Waals surface area contributed by atoms with Crippen LogP contribution in [0.2, 0.25) is 0 Å². The Hall–Kier alpha value is -1.56. The van der Waals surface area contributed by atoms with Crippen molar-refractivity contribution in [3.8, 4) is 0 Å². The average Bonchev–Trinajstić information content (AvgIpc) is 2.81. The highest BCUT2D eigenvalue weighted by Crippen LogP contribution is 2.10. The molecule has 0 radical (unpaired) electrons. The summed E-state index contributed by atoms with van der Waals surface area (Å²) < 4.78 is 0. The molecule has 18 heavy (non-hydrogen) atoms. The lowest BCUT2D eigenvalue weighted by atomic mass is 10.2. The molecule has 6 heteroatoms. The summed E-state index contributed by atoms with van der Waals surface area (Å²) in [6.07, 6.45) is 1.75. The van der Waals surface area contributed by atoms with E-state index in [1.54, 1.807) is 11.3 Å². The summed E-state index contributed by atoms with van der Waals surface area (Å²) in [6, 6.07) is 0. The van der Waals surface area contributed by atoms with Gasteiger partial charge in [-0.1, -0.05) is 13.8 Å². The molecule has 0 aromatic carbocycles. The highest BCUT2D eigenvalue weighted by atomic mass is 32.1. The van der Waals surface area contributed by atoms with Crippen LogP contribution < -0.4 is 5.32 Å². The van der Waals surface area contributed by atoms with Crippen molar-refractivity contribution in [2.24, 2.45) is 0 Å². The molecule has 0 fully saturated rings. The molecule has 0 saturated heterocycles. The molecule has 0 unspecified atom stereocenters. The number of nitrogens with one attached hydrogen (secondary N) is 1. The molecule has 0 bridgehead atoms. The number of aryl methyl sites for hydroxylation is 3. The second kappa shape index (κ2) is 5.86. The van der Waals surface area contributed by atoms with E-state index in [9.17, 15) is 0 Å². The summed E-state index contributed by atoms with van der Waals surface area (Å²) in [7, 11) is 0. The van der Waals surface area contributed by atoms with Crippen molar-refractivity contribution < 1.29 is 0 Å². The first kappa shape index (κ1) is 12.9. The largest absolute Gasteiger partial charge is 0.347 e. The number of hydrogen-bond acceptors (Lipinski definition) is 6. The van der Waals surface area contributed by atoms with Crippen LogP contribution in [0.3, 0.4) is 0 Å². The summed E-state index contributed by atoms with van der Waals surface area (Å²) in [4.78, 5) is 8.86. The highest BCUT2D eigenvalue weighted by Gasteiger charge is 2.06. The molecule has 0 amide bonds. The van der Waals surface area contributed by atoms with Crippen molar-refractivity contribution in [1.82, 2.24) is 20.2 Å². The summed E-state index contributed by atoms with van der Waals surface area (Å²) in [5.74, 6) is 0.578. The fourth-order valence-electron chi connectivity index (χ4n) is 1.67. The van der Waals surface area contributed by atoms with E-state index in [-0.39, 0.29) is 0 Å². The third kappa shape index (κ3) is 3.01. The first-order chi connectivity index (χ1) is 8.72. The van der Waals surface area contributed by atoms with E-state index in [0.29, 0.717) is 12.5 Å². The van der Waals surface area contributed by atoms with E-state index in [4.69, 9.17) is 0 Å². The monoisotopic (exact) mass is 263 g/mol. The molecule has 2 aromatic rings.